The van der Waals surface area contributed by atoms with Crippen LogP contribution in [0.25, 0.3) is 10.8 Å². The van der Waals surface area contributed by atoms with Crippen molar-refractivity contribution in [2.24, 2.45) is 0 Å². The maximum atomic E-state index is 3.83. The zero-order valence-corrected chi connectivity index (χ0v) is 12.6. The molecular formula is C20H22. The summed E-state index contributed by atoms with van der Waals surface area (Å²) in [6.45, 7) is 10.4. The first-order valence-corrected chi connectivity index (χ1v) is 7.04. The Labute approximate surface area is 122 Å². The standard InChI is InChI=1S/C20H22/c1-5-9-18(10-6-2)20(3,4)19-14-13-16-11-7-8-12-17(16)15-19/h5-15H,1H2,2-4H3/b10-6-,18-9+. The summed E-state index contributed by atoms with van der Waals surface area (Å²) in [5, 5.41) is 2.57. The number of hydrogen-bond donors (Lipinski definition) is 0. The van der Waals surface area contributed by atoms with Crippen LogP contribution in [0.1, 0.15) is 26.3 Å². The van der Waals surface area contributed by atoms with E-state index in [9.17, 15) is 0 Å². The Morgan fingerprint density at radius 1 is 1.05 bits per heavy atom. The third-order valence-electron chi connectivity index (χ3n) is 3.84. The Morgan fingerprint density at radius 3 is 2.40 bits per heavy atom. The lowest BCUT2D eigenvalue weighted by molar-refractivity contribution is 0.640. The van der Waals surface area contributed by atoms with Crippen molar-refractivity contribution in [1.82, 2.24) is 0 Å². The predicted molar refractivity (Wildman–Crippen MR) is 90.1 cm³/mol. The van der Waals surface area contributed by atoms with Crippen molar-refractivity contribution in [3.8, 4) is 0 Å². The molecule has 0 bridgehead atoms. The first-order chi connectivity index (χ1) is 9.59. The first kappa shape index (κ1) is 14.3. The molecule has 0 fully saturated rings. The van der Waals surface area contributed by atoms with E-state index < -0.39 is 0 Å². The van der Waals surface area contributed by atoms with E-state index in [-0.39, 0.29) is 5.41 Å². The van der Waals surface area contributed by atoms with Crippen LogP contribution < -0.4 is 0 Å². The Kier molecular flexibility index (Phi) is 4.24. The molecule has 0 aliphatic rings. The average Bonchev–Trinajstić information content (AvgIpc) is 2.46. The van der Waals surface area contributed by atoms with Gasteiger partial charge in [0.15, 0.2) is 0 Å². The largest absolute Gasteiger partial charge is 0.0991 e. The molecule has 2 aromatic carbocycles. The van der Waals surface area contributed by atoms with Crippen LogP contribution in [0.4, 0.5) is 0 Å². The van der Waals surface area contributed by atoms with Crippen LogP contribution in [0, 0.1) is 0 Å². The van der Waals surface area contributed by atoms with Gasteiger partial charge < -0.3 is 0 Å². The highest BCUT2D eigenvalue weighted by molar-refractivity contribution is 5.83. The molecule has 0 saturated carbocycles. The molecule has 0 heteroatoms. The minimum absolute atomic E-state index is 0.0370. The number of benzene rings is 2. The summed E-state index contributed by atoms with van der Waals surface area (Å²) in [5.41, 5.74) is 2.55. The molecule has 2 rings (SSSR count). The molecule has 20 heavy (non-hydrogen) atoms. The number of hydrogen-bond acceptors (Lipinski definition) is 0. The maximum Gasteiger partial charge on any atom is 0.0146 e. The number of fused-ring (bicyclic) bond motifs is 1. The summed E-state index contributed by atoms with van der Waals surface area (Å²) in [4.78, 5) is 0. The van der Waals surface area contributed by atoms with Gasteiger partial charge >= 0.3 is 0 Å². The molecule has 2 aromatic rings. The van der Waals surface area contributed by atoms with E-state index >= 15 is 0 Å². The van der Waals surface area contributed by atoms with Crippen molar-refractivity contribution in [3.05, 3.63) is 84.5 Å². The van der Waals surface area contributed by atoms with Gasteiger partial charge in [0.25, 0.3) is 0 Å². The van der Waals surface area contributed by atoms with Crippen molar-refractivity contribution in [1.29, 1.82) is 0 Å². The molecule has 0 N–H and O–H groups in total. The lowest BCUT2D eigenvalue weighted by atomic mass is 9.76. The molecule has 0 unspecified atom stereocenters. The zero-order valence-electron chi connectivity index (χ0n) is 12.6. The molecule has 0 aliphatic carbocycles. The summed E-state index contributed by atoms with van der Waals surface area (Å²) in [5.74, 6) is 0. The topological polar surface area (TPSA) is 0 Å². The molecule has 0 amide bonds. The van der Waals surface area contributed by atoms with Gasteiger partial charge in [-0.25, -0.2) is 0 Å². The fraction of sp³-hybridized carbons (Fsp3) is 0.200. The normalized spacial score (nSPS) is 13.1. The Morgan fingerprint density at radius 2 is 1.75 bits per heavy atom. The van der Waals surface area contributed by atoms with E-state index in [4.69, 9.17) is 0 Å². The minimum Gasteiger partial charge on any atom is -0.0991 e. The lowest BCUT2D eigenvalue weighted by Crippen LogP contribution is -2.19. The molecule has 0 saturated heterocycles. The van der Waals surface area contributed by atoms with Crippen molar-refractivity contribution in [2.75, 3.05) is 0 Å². The van der Waals surface area contributed by atoms with Gasteiger partial charge in [0.05, 0.1) is 0 Å². The highest BCUT2D eigenvalue weighted by atomic mass is 14.3. The summed E-state index contributed by atoms with van der Waals surface area (Å²) in [7, 11) is 0. The smallest absolute Gasteiger partial charge is 0.0146 e. The Hall–Kier alpha value is -2.08. The first-order valence-electron chi connectivity index (χ1n) is 7.04. The van der Waals surface area contributed by atoms with Crippen LogP contribution in [0.15, 0.2) is 78.9 Å². The molecule has 102 valence electrons. The summed E-state index contributed by atoms with van der Waals surface area (Å²) < 4.78 is 0. The van der Waals surface area contributed by atoms with Gasteiger partial charge in [-0.3, -0.25) is 0 Å². The van der Waals surface area contributed by atoms with Crippen LogP contribution in [-0.2, 0) is 5.41 Å². The fourth-order valence-corrected chi connectivity index (χ4v) is 2.52. The zero-order chi connectivity index (χ0) is 14.6. The van der Waals surface area contributed by atoms with E-state index in [2.05, 4.69) is 81.1 Å². The third-order valence-corrected chi connectivity index (χ3v) is 3.84. The molecule has 0 aliphatic heterocycles. The van der Waals surface area contributed by atoms with E-state index in [0.717, 1.165) is 0 Å². The van der Waals surface area contributed by atoms with Crippen molar-refractivity contribution in [3.63, 3.8) is 0 Å². The van der Waals surface area contributed by atoms with E-state index in [1.165, 1.54) is 21.9 Å². The Bertz CT molecular complexity index is 669. The van der Waals surface area contributed by atoms with E-state index in [1.54, 1.807) is 0 Å². The molecule has 0 nitrogen and oxygen atoms in total. The lowest BCUT2D eigenvalue weighted by Gasteiger charge is -2.27. The van der Waals surface area contributed by atoms with Crippen LogP contribution in [0.2, 0.25) is 0 Å². The van der Waals surface area contributed by atoms with Gasteiger partial charge in [-0.05, 0) is 28.8 Å². The van der Waals surface area contributed by atoms with Gasteiger partial charge in [-0.1, -0.05) is 87.2 Å². The second-order valence-electron chi connectivity index (χ2n) is 5.54. The molecular weight excluding hydrogens is 240 g/mol. The average molecular weight is 262 g/mol. The summed E-state index contributed by atoms with van der Waals surface area (Å²) in [6, 6.07) is 15.2. The third kappa shape index (κ3) is 2.75. The van der Waals surface area contributed by atoms with Gasteiger partial charge in [-0.15, -0.1) is 0 Å². The van der Waals surface area contributed by atoms with Crippen LogP contribution in [-0.4, -0.2) is 0 Å². The molecule has 0 spiro atoms. The van der Waals surface area contributed by atoms with Gasteiger partial charge in [0.2, 0.25) is 0 Å². The quantitative estimate of drug-likeness (QED) is 0.610. The second kappa shape index (κ2) is 5.92. The van der Waals surface area contributed by atoms with E-state index in [1.807, 2.05) is 13.0 Å². The monoisotopic (exact) mass is 262 g/mol. The van der Waals surface area contributed by atoms with Crippen molar-refractivity contribution >= 4 is 10.8 Å². The molecule has 0 heterocycles. The molecule has 0 aromatic heterocycles. The van der Waals surface area contributed by atoms with Gasteiger partial charge in [-0.2, -0.15) is 0 Å². The SMILES string of the molecule is C=C/C=C(\C=C/C)C(C)(C)c1ccc2ccccc2c1. The van der Waals surface area contributed by atoms with Gasteiger partial charge in [0, 0.05) is 5.41 Å². The van der Waals surface area contributed by atoms with Crippen LogP contribution in [0.3, 0.4) is 0 Å². The predicted octanol–water partition coefficient (Wildman–Crippen LogP) is 5.81. The van der Waals surface area contributed by atoms with Gasteiger partial charge in [0.1, 0.15) is 0 Å². The second-order valence-corrected chi connectivity index (χ2v) is 5.54. The van der Waals surface area contributed by atoms with Crippen molar-refractivity contribution < 1.29 is 0 Å². The minimum atomic E-state index is -0.0370. The number of rotatable bonds is 4. The van der Waals surface area contributed by atoms with Crippen LogP contribution >= 0.6 is 0 Å². The fourth-order valence-electron chi connectivity index (χ4n) is 2.52. The number of allylic oxidation sites excluding steroid dienone is 5. The Balaban J connectivity index is 2.55. The van der Waals surface area contributed by atoms with Crippen LogP contribution in [0.5, 0.6) is 0 Å². The van der Waals surface area contributed by atoms with E-state index in [0.29, 0.717) is 0 Å². The summed E-state index contributed by atoms with van der Waals surface area (Å²) in [6.07, 6.45) is 8.20. The summed E-state index contributed by atoms with van der Waals surface area (Å²) >= 11 is 0. The maximum absolute atomic E-state index is 3.83. The highest BCUT2D eigenvalue weighted by Crippen LogP contribution is 2.34. The molecule has 0 atom stereocenters. The molecule has 0 radical (unpaired) electrons. The highest BCUT2D eigenvalue weighted by Gasteiger charge is 2.23. The van der Waals surface area contributed by atoms with Crippen molar-refractivity contribution in [2.45, 2.75) is 26.2 Å².